The number of aromatic nitrogens is 1. The van der Waals surface area contributed by atoms with Crippen LogP contribution in [0.25, 0.3) is 0 Å². The molecule has 1 heterocycles. The molecule has 5 heteroatoms. The first-order chi connectivity index (χ1) is 11.5. The van der Waals surface area contributed by atoms with Crippen LogP contribution in [0.1, 0.15) is 63.0 Å². The molecule has 1 aromatic heterocycles. The molecule has 24 heavy (non-hydrogen) atoms. The van der Waals surface area contributed by atoms with Gasteiger partial charge in [0.2, 0.25) is 5.91 Å². The number of rotatable bonds is 6. The number of nitrogens with zero attached hydrogens (tertiary/aromatic N) is 1. The van der Waals surface area contributed by atoms with Gasteiger partial charge in [0, 0.05) is 29.5 Å². The highest BCUT2D eigenvalue weighted by Crippen LogP contribution is 2.54. The Bertz CT molecular complexity index is 570. The number of aryl methyl sites for hydroxylation is 2. The van der Waals surface area contributed by atoms with Crippen molar-refractivity contribution in [2.24, 2.45) is 11.3 Å². The highest BCUT2D eigenvalue weighted by molar-refractivity contribution is 5.79. The third-order valence-corrected chi connectivity index (χ3v) is 6.14. The molecular weight excluding hydrogens is 304 g/mol. The van der Waals surface area contributed by atoms with Gasteiger partial charge in [-0.25, -0.2) is 0 Å². The quantitative estimate of drug-likeness (QED) is 0.867. The number of ether oxygens (including phenoxy) is 1. The minimum absolute atomic E-state index is 0.0774. The average molecular weight is 334 g/mol. The zero-order chi connectivity index (χ0) is 17.3. The number of amides is 1. The fraction of sp³-hybridized carbons (Fsp3) is 0.789. The lowest BCUT2D eigenvalue weighted by Gasteiger charge is -2.54. The van der Waals surface area contributed by atoms with Crippen molar-refractivity contribution in [1.82, 2.24) is 10.5 Å². The van der Waals surface area contributed by atoms with E-state index in [1.807, 2.05) is 20.8 Å². The van der Waals surface area contributed by atoms with Gasteiger partial charge in [-0.3, -0.25) is 4.79 Å². The predicted octanol–water partition coefficient (Wildman–Crippen LogP) is 3.32. The Kier molecular flexibility index (Phi) is 5.00. The van der Waals surface area contributed by atoms with E-state index in [1.54, 1.807) is 0 Å². The van der Waals surface area contributed by atoms with Crippen molar-refractivity contribution in [3.8, 4) is 0 Å². The van der Waals surface area contributed by atoms with Crippen molar-refractivity contribution in [1.29, 1.82) is 0 Å². The van der Waals surface area contributed by atoms with Crippen molar-refractivity contribution in [2.75, 3.05) is 6.61 Å². The summed E-state index contributed by atoms with van der Waals surface area (Å²) in [6, 6.07) is 0.274. The van der Waals surface area contributed by atoms with Crippen molar-refractivity contribution < 1.29 is 14.1 Å². The van der Waals surface area contributed by atoms with E-state index in [-0.39, 0.29) is 23.3 Å². The summed E-state index contributed by atoms with van der Waals surface area (Å²) in [4.78, 5) is 12.7. The number of carbonyl (C=O) groups excluding carboxylic acids is 1. The smallest absolute Gasteiger partial charge is 0.223 e. The van der Waals surface area contributed by atoms with Crippen LogP contribution in [-0.2, 0) is 16.0 Å². The molecule has 0 aliphatic heterocycles. The van der Waals surface area contributed by atoms with Gasteiger partial charge in [-0.1, -0.05) is 24.9 Å². The molecule has 5 nitrogen and oxygen atoms in total. The first-order valence-electron chi connectivity index (χ1n) is 9.31. The van der Waals surface area contributed by atoms with Gasteiger partial charge in [-0.15, -0.1) is 0 Å². The van der Waals surface area contributed by atoms with E-state index in [9.17, 15) is 4.79 Å². The SMILES string of the molecule is CCOC1CC(NC(=O)C(C)Cc2c(C)noc2C)C12CCCC2. The first-order valence-corrected chi connectivity index (χ1v) is 9.31. The minimum atomic E-state index is -0.0774. The molecule has 1 N–H and O–H groups in total. The maximum Gasteiger partial charge on any atom is 0.223 e. The molecule has 3 rings (SSSR count). The number of nitrogens with one attached hydrogen (secondary N) is 1. The molecule has 0 radical (unpaired) electrons. The van der Waals surface area contributed by atoms with Gasteiger partial charge in [0.15, 0.2) is 0 Å². The fourth-order valence-corrected chi connectivity index (χ4v) is 4.60. The Morgan fingerprint density at radius 1 is 1.42 bits per heavy atom. The van der Waals surface area contributed by atoms with Crippen molar-refractivity contribution >= 4 is 5.91 Å². The third kappa shape index (κ3) is 2.99. The van der Waals surface area contributed by atoms with Crippen LogP contribution in [-0.4, -0.2) is 29.8 Å². The molecule has 1 spiro atoms. The van der Waals surface area contributed by atoms with Gasteiger partial charge >= 0.3 is 0 Å². The number of carbonyl (C=O) groups is 1. The Morgan fingerprint density at radius 3 is 2.71 bits per heavy atom. The van der Waals surface area contributed by atoms with Crippen LogP contribution >= 0.6 is 0 Å². The summed E-state index contributed by atoms with van der Waals surface area (Å²) >= 11 is 0. The summed E-state index contributed by atoms with van der Waals surface area (Å²) in [5.74, 6) is 0.882. The van der Waals surface area contributed by atoms with E-state index in [0.29, 0.717) is 12.5 Å². The van der Waals surface area contributed by atoms with Crippen LogP contribution in [0.5, 0.6) is 0 Å². The fourth-order valence-electron chi connectivity index (χ4n) is 4.60. The second-order valence-electron chi connectivity index (χ2n) is 7.59. The van der Waals surface area contributed by atoms with Gasteiger partial charge in [0.05, 0.1) is 11.8 Å². The molecule has 0 aromatic carbocycles. The van der Waals surface area contributed by atoms with E-state index in [2.05, 4.69) is 17.4 Å². The Hall–Kier alpha value is -1.36. The highest BCUT2D eigenvalue weighted by Gasteiger charge is 2.57. The summed E-state index contributed by atoms with van der Waals surface area (Å²) in [6.45, 7) is 8.64. The van der Waals surface area contributed by atoms with Crippen molar-refractivity contribution in [2.45, 2.75) is 78.4 Å². The molecule has 2 aliphatic carbocycles. The molecule has 1 amide bonds. The second-order valence-corrected chi connectivity index (χ2v) is 7.59. The zero-order valence-corrected chi connectivity index (χ0v) is 15.4. The van der Waals surface area contributed by atoms with Gasteiger partial charge in [-0.2, -0.15) is 0 Å². The van der Waals surface area contributed by atoms with E-state index >= 15 is 0 Å². The van der Waals surface area contributed by atoms with E-state index in [1.165, 1.54) is 25.7 Å². The lowest BCUT2D eigenvalue weighted by Crippen LogP contribution is -2.64. The normalized spacial score (nSPS) is 26.3. The van der Waals surface area contributed by atoms with Gasteiger partial charge < -0.3 is 14.6 Å². The summed E-state index contributed by atoms with van der Waals surface area (Å²) in [5, 5.41) is 7.30. The summed E-state index contributed by atoms with van der Waals surface area (Å²) < 4.78 is 11.1. The van der Waals surface area contributed by atoms with Crippen LogP contribution in [0.3, 0.4) is 0 Å². The van der Waals surface area contributed by atoms with Crippen LogP contribution in [0, 0.1) is 25.2 Å². The van der Waals surface area contributed by atoms with Crippen molar-refractivity contribution in [3.63, 3.8) is 0 Å². The zero-order valence-electron chi connectivity index (χ0n) is 15.4. The van der Waals surface area contributed by atoms with Gasteiger partial charge in [0.25, 0.3) is 0 Å². The Morgan fingerprint density at radius 2 is 2.12 bits per heavy atom. The van der Waals surface area contributed by atoms with Crippen LogP contribution in [0.4, 0.5) is 0 Å². The van der Waals surface area contributed by atoms with Crippen LogP contribution in [0.15, 0.2) is 4.52 Å². The maximum atomic E-state index is 12.7. The molecule has 0 saturated heterocycles. The largest absolute Gasteiger partial charge is 0.378 e. The molecule has 1 aromatic rings. The van der Waals surface area contributed by atoms with E-state index in [4.69, 9.17) is 9.26 Å². The standard InChI is InChI=1S/C19H30N2O3/c1-5-23-17-11-16(19(17)8-6-7-9-19)20-18(22)12(2)10-15-13(3)21-24-14(15)4/h12,16-17H,5-11H2,1-4H3,(H,20,22). The molecule has 134 valence electrons. The van der Waals surface area contributed by atoms with E-state index < -0.39 is 0 Å². The average Bonchev–Trinajstić information content (AvgIpc) is 3.18. The Balaban J connectivity index is 1.60. The molecule has 3 atom stereocenters. The first kappa shape index (κ1) is 17.5. The lowest BCUT2D eigenvalue weighted by atomic mass is 9.60. The molecule has 2 fully saturated rings. The lowest BCUT2D eigenvalue weighted by molar-refractivity contribution is -0.146. The predicted molar refractivity (Wildman–Crippen MR) is 91.7 cm³/mol. The second kappa shape index (κ2) is 6.87. The summed E-state index contributed by atoms with van der Waals surface area (Å²) in [7, 11) is 0. The Labute approximate surface area is 144 Å². The summed E-state index contributed by atoms with van der Waals surface area (Å²) in [6.07, 6.45) is 6.84. The third-order valence-electron chi connectivity index (χ3n) is 6.14. The molecule has 2 saturated carbocycles. The van der Waals surface area contributed by atoms with Gasteiger partial charge in [0.1, 0.15) is 5.76 Å². The molecule has 3 unspecified atom stereocenters. The topological polar surface area (TPSA) is 64.4 Å². The monoisotopic (exact) mass is 334 g/mol. The highest BCUT2D eigenvalue weighted by atomic mass is 16.5. The molecule has 0 bridgehead atoms. The maximum absolute atomic E-state index is 12.7. The molecular formula is C19H30N2O3. The number of hydrogen-bond donors (Lipinski definition) is 1. The van der Waals surface area contributed by atoms with E-state index in [0.717, 1.165) is 30.0 Å². The van der Waals surface area contributed by atoms with Gasteiger partial charge in [-0.05, 0) is 46.5 Å². The van der Waals surface area contributed by atoms with Crippen LogP contribution in [0.2, 0.25) is 0 Å². The van der Waals surface area contributed by atoms with Crippen LogP contribution < -0.4 is 5.32 Å². The molecule has 2 aliphatic rings. The summed E-state index contributed by atoms with van der Waals surface area (Å²) in [5.41, 5.74) is 2.14. The number of hydrogen-bond acceptors (Lipinski definition) is 4. The minimum Gasteiger partial charge on any atom is -0.378 e. The van der Waals surface area contributed by atoms with Crippen molar-refractivity contribution in [3.05, 3.63) is 17.0 Å².